The number of alkyl halides is 1. The van der Waals surface area contributed by atoms with Crippen LogP contribution in [-0.4, -0.2) is 29.7 Å². The Bertz CT molecular complexity index is 302. The summed E-state index contributed by atoms with van der Waals surface area (Å²) in [6.07, 6.45) is 7.90. The van der Waals surface area contributed by atoms with Gasteiger partial charge in [0.15, 0.2) is 0 Å². The van der Waals surface area contributed by atoms with Crippen molar-refractivity contribution in [2.24, 2.45) is 29.6 Å². The predicted octanol–water partition coefficient (Wildman–Crippen LogP) is 3.30. The van der Waals surface area contributed by atoms with Gasteiger partial charge >= 0.3 is 0 Å². The third kappa shape index (κ3) is 2.23. The van der Waals surface area contributed by atoms with Gasteiger partial charge in [-0.25, -0.2) is 0 Å². The Morgan fingerprint density at radius 1 is 1.11 bits per heavy atom. The second-order valence-electron chi connectivity index (χ2n) is 6.76. The highest BCUT2D eigenvalue weighted by atomic mass is 79.9. The molecule has 4 aliphatic rings. The lowest BCUT2D eigenvalue weighted by atomic mass is 9.51. The van der Waals surface area contributed by atoms with E-state index in [4.69, 9.17) is 0 Å². The molecule has 0 heterocycles. The largest absolute Gasteiger partial charge is 0.345 e. The lowest BCUT2D eigenvalue weighted by Gasteiger charge is -2.54. The fourth-order valence-electron chi connectivity index (χ4n) is 4.99. The van der Waals surface area contributed by atoms with Crippen LogP contribution >= 0.6 is 15.9 Å². The first-order valence-electron chi connectivity index (χ1n) is 7.50. The lowest BCUT2D eigenvalue weighted by Crippen LogP contribution is -2.51. The van der Waals surface area contributed by atoms with Gasteiger partial charge in [0.05, 0.1) is 0 Å². The Morgan fingerprint density at radius 3 is 2.17 bits per heavy atom. The minimum absolute atomic E-state index is 0.373. The standard InChI is InChI=1S/C15H24BrNO/c1-17(4-2-3-16)15(18)14-12-6-10-5-11(8-12)9-13(14)7-10/h10-14H,2-9H2,1H3. The van der Waals surface area contributed by atoms with Crippen LogP contribution in [0.5, 0.6) is 0 Å². The van der Waals surface area contributed by atoms with Crippen LogP contribution in [0.2, 0.25) is 0 Å². The van der Waals surface area contributed by atoms with E-state index in [1.54, 1.807) is 0 Å². The van der Waals surface area contributed by atoms with E-state index >= 15 is 0 Å². The molecular weight excluding hydrogens is 290 g/mol. The van der Waals surface area contributed by atoms with Crippen molar-refractivity contribution in [1.82, 2.24) is 4.90 Å². The summed E-state index contributed by atoms with van der Waals surface area (Å²) in [6, 6.07) is 0. The second kappa shape index (κ2) is 5.15. The first-order valence-corrected chi connectivity index (χ1v) is 8.62. The second-order valence-corrected chi connectivity index (χ2v) is 7.55. The summed E-state index contributed by atoms with van der Waals surface area (Å²) in [5.74, 6) is 4.19. The Kier molecular flexibility index (Phi) is 3.70. The molecule has 2 nitrogen and oxygen atoms in total. The maximum absolute atomic E-state index is 12.6. The molecule has 0 aliphatic heterocycles. The number of amides is 1. The zero-order valence-corrected chi connectivity index (χ0v) is 12.9. The van der Waals surface area contributed by atoms with Crippen LogP contribution in [0.1, 0.15) is 38.5 Å². The molecule has 4 bridgehead atoms. The molecule has 0 aromatic rings. The van der Waals surface area contributed by atoms with Crippen molar-refractivity contribution in [3.63, 3.8) is 0 Å². The van der Waals surface area contributed by atoms with Gasteiger partial charge in [-0.1, -0.05) is 15.9 Å². The highest BCUT2D eigenvalue weighted by molar-refractivity contribution is 9.09. The average molecular weight is 314 g/mol. The van der Waals surface area contributed by atoms with Gasteiger partial charge in [0.2, 0.25) is 5.91 Å². The minimum atomic E-state index is 0.373. The van der Waals surface area contributed by atoms with Gasteiger partial charge < -0.3 is 4.90 Å². The van der Waals surface area contributed by atoms with E-state index in [0.717, 1.165) is 42.0 Å². The van der Waals surface area contributed by atoms with E-state index in [9.17, 15) is 4.79 Å². The number of nitrogens with zero attached hydrogens (tertiary/aromatic N) is 1. The molecule has 3 heteroatoms. The highest BCUT2D eigenvalue weighted by Gasteiger charge is 2.51. The number of carbonyl (C=O) groups is 1. The fraction of sp³-hybridized carbons (Fsp3) is 0.933. The van der Waals surface area contributed by atoms with Crippen molar-refractivity contribution < 1.29 is 4.79 Å². The molecule has 0 aromatic heterocycles. The molecule has 0 saturated heterocycles. The molecule has 0 atom stereocenters. The number of rotatable bonds is 4. The summed E-state index contributed by atoms with van der Waals surface area (Å²) in [6.45, 7) is 0.910. The number of carbonyl (C=O) groups excluding carboxylic acids is 1. The average Bonchev–Trinajstić information content (AvgIpc) is 2.34. The quantitative estimate of drug-likeness (QED) is 0.729. The van der Waals surface area contributed by atoms with Crippen LogP contribution in [0.25, 0.3) is 0 Å². The molecule has 4 saturated carbocycles. The Hall–Kier alpha value is -0.0500. The summed E-state index contributed by atoms with van der Waals surface area (Å²) >= 11 is 3.45. The van der Waals surface area contributed by atoms with Crippen molar-refractivity contribution in [2.75, 3.05) is 18.9 Å². The number of halogens is 1. The van der Waals surface area contributed by atoms with Gasteiger partial charge in [-0.2, -0.15) is 0 Å². The molecule has 18 heavy (non-hydrogen) atoms. The smallest absolute Gasteiger partial charge is 0.225 e. The van der Waals surface area contributed by atoms with Crippen molar-refractivity contribution in [3.8, 4) is 0 Å². The highest BCUT2D eigenvalue weighted by Crippen LogP contribution is 2.56. The SMILES string of the molecule is CN(CCCBr)C(=O)C1C2CC3CC(C2)CC1C3. The Labute approximate surface area is 119 Å². The fourth-order valence-corrected chi connectivity index (χ4v) is 5.24. The van der Waals surface area contributed by atoms with E-state index in [1.807, 2.05) is 11.9 Å². The molecule has 0 radical (unpaired) electrons. The molecule has 4 fully saturated rings. The first kappa shape index (κ1) is 13.0. The summed E-state index contributed by atoms with van der Waals surface area (Å²) in [5.41, 5.74) is 0. The molecular formula is C15H24BrNO. The predicted molar refractivity (Wildman–Crippen MR) is 76.6 cm³/mol. The van der Waals surface area contributed by atoms with Gasteiger partial charge in [0.25, 0.3) is 0 Å². The number of hydrogen-bond donors (Lipinski definition) is 0. The van der Waals surface area contributed by atoms with Crippen LogP contribution in [0.15, 0.2) is 0 Å². The molecule has 4 aliphatic carbocycles. The van der Waals surface area contributed by atoms with Crippen molar-refractivity contribution in [1.29, 1.82) is 0 Å². The summed E-state index contributed by atoms with van der Waals surface area (Å²) in [7, 11) is 2.00. The van der Waals surface area contributed by atoms with Crippen LogP contribution in [-0.2, 0) is 4.79 Å². The molecule has 0 aromatic carbocycles. The Balaban J connectivity index is 1.67. The minimum Gasteiger partial charge on any atom is -0.345 e. The third-order valence-electron chi connectivity index (χ3n) is 5.52. The first-order chi connectivity index (χ1) is 8.69. The molecule has 0 spiro atoms. The molecule has 1 amide bonds. The third-order valence-corrected chi connectivity index (χ3v) is 6.08. The van der Waals surface area contributed by atoms with E-state index in [0.29, 0.717) is 11.8 Å². The van der Waals surface area contributed by atoms with E-state index in [2.05, 4.69) is 15.9 Å². The Morgan fingerprint density at radius 2 is 1.67 bits per heavy atom. The monoisotopic (exact) mass is 313 g/mol. The van der Waals surface area contributed by atoms with Gasteiger partial charge in [0, 0.05) is 24.8 Å². The summed E-state index contributed by atoms with van der Waals surface area (Å²) < 4.78 is 0. The molecule has 0 unspecified atom stereocenters. The van der Waals surface area contributed by atoms with Crippen LogP contribution in [0.3, 0.4) is 0 Å². The van der Waals surface area contributed by atoms with E-state index < -0.39 is 0 Å². The van der Waals surface area contributed by atoms with Gasteiger partial charge in [-0.05, 0) is 62.2 Å². The van der Waals surface area contributed by atoms with E-state index in [1.165, 1.54) is 32.1 Å². The lowest BCUT2D eigenvalue weighted by molar-refractivity contribution is -0.147. The van der Waals surface area contributed by atoms with Gasteiger partial charge in [-0.3, -0.25) is 4.79 Å². The van der Waals surface area contributed by atoms with Crippen LogP contribution < -0.4 is 0 Å². The number of hydrogen-bond acceptors (Lipinski definition) is 1. The van der Waals surface area contributed by atoms with Crippen LogP contribution in [0.4, 0.5) is 0 Å². The topological polar surface area (TPSA) is 20.3 Å². The van der Waals surface area contributed by atoms with Gasteiger partial charge in [0.1, 0.15) is 0 Å². The van der Waals surface area contributed by atoms with Crippen molar-refractivity contribution >= 4 is 21.8 Å². The van der Waals surface area contributed by atoms with E-state index in [-0.39, 0.29) is 0 Å². The molecule has 4 rings (SSSR count). The normalized spacial score (nSPS) is 41.1. The van der Waals surface area contributed by atoms with Gasteiger partial charge in [-0.15, -0.1) is 0 Å². The maximum atomic E-state index is 12.6. The zero-order chi connectivity index (χ0) is 12.7. The summed E-state index contributed by atoms with van der Waals surface area (Å²) in [5, 5.41) is 0.992. The van der Waals surface area contributed by atoms with Crippen molar-refractivity contribution in [3.05, 3.63) is 0 Å². The summed E-state index contributed by atoms with van der Waals surface area (Å²) in [4.78, 5) is 14.6. The maximum Gasteiger partial charge on any atom is 0.225 e. The zero-order valence-electron chi connectivity index (χ0n) is 11.3. The van der Waals surface area contributed by atoms with Crippen molar-refractivity contribution in [2.45, 2.75) is 38.5 Å². The molecule has 0 N–H and O–H groups in total. The van der Waals surface area contributed by atoms with Crippen LogP contribution in [0, 0.1) is 29.6 Å². The molecule has 102 valence electrons.